The Labute approximate surface area is 154 Å². The summed E-state index contributed by atoms with van der Waals surface area (Å²) in [6.45, 7) is 4.22. The highest BCUT2D eigenvalue weighted by atomic mass is 16.5. The van der Waals surface area contributed by atoms with Gasteiger partial charge in [0, 0.05) is 13.1 Å². The van der Waals surface area contributed by atoms with E-state index in [4.69, 9.17) is 13.9 Å². The Morgan fingerprint density at radius 3 is 2.50 bits per heavy atom. The van der Waals surface area contributed by atoms with Gasteiger partial charge in [-0.2, -0.15) is 0 Å². The standard InChI is InChI=1S/C20H26N2O4/c1-14-5-6-17(26-14)12-21(2)13-20(23)22-8-7-15-9-18(24-3)19(25-4)10-16(15)11-22/h5-6,9-10H,7-8,11-13H2,1-4H3. The van der Waals surface area contributed by atoms with Crippen LogP contribution in [0, 0.1) is 6.92 Å². The average Bonchev–Trinajstić information content (AvgIpc) is 3.04. The quantitative estimate of drug-likeness (QED) is 0.795. The Hall–Kier alpha value is -2.47. The van der Waals surface area contributed by atoms with Gasteiger partial charge < -0.3 is 18.8 Å². The molecule has 1 aromatic heterocycles. The molecule has 1 aliphatic rings. The SMILES string of the molecule is COc1cc2c(cc1OC)CN(C(=O)CN(C)Cc1ccc(C)o1)CC2. The molecule has 0 bridgehead atoms. The lowest BCUT2D eigenvalue weighted by molar-refractivity contribution is -0.133. The number of benzene rings is 1. The normalized spacial score (nSPS) is 13.7. The van der Waals surface area contributed by atoms with Crippen LogP contribution in [0.2, 0.25) is 0 Å². The number of methoxy groups -OCH3 is 2. The Bertz CT molecular complexity index is 784. The van der Waals surface area contributed by atoms with E-state index in [0.717, 1.165) is 35.8 Å². The summed E-state index contributed by atoms with van der Waals surface area (Å²) >= 11 is 0. The van der Waals surface area contributed by atoms with Gasteiger partial charge in [0.1, 0.15) is 11.5 Å². The maximum absolute atomic E-state index is 12.7. The van der Waals surface area contributed by atoms with Gasteiger partial charge in [-0.1, -0.05) is 0 Å². The van der Waals surface area contributed by atoms with Gasteiger partial charge in [0.2, 0.25) is 5.91 Å². The smallest absolute Gasteiger partial charge is 0.237 e. The molecule has 0 unspecified atom stereocenters. The van der Waals surface area contributed by atoms with Crippen LogP contribution >= 0.6 is 0 Å². The minimum Gasteiger partial charge on any atom is -0.493 e. The van der Waals surface area contributed by atoms with Crippen molar-refractivity contribution in [3.63, 3.8) is 0 Å². The number of furan rings is 1. The van der Waals surface area contributed by atoms with Crippen molar-refractivity contribution < 1.29 is 18.7 Å². The van der Waals surface area contributed by atoms with E-state index in [2.05, 4.69) is 0 Å². The van der Waals surface area contributed by atoms with Crippen LogP contribution in [0.3, 0.4) is 0 Å². The second kappa shape index (κ2) is 7.83. The van der Waals surface area contributed by atoms with Gasteiger partial charge >= 0.3 is 0 Å². The third kappa shape index (κ3) is 4.02. The number of fused-ring (bicyclic) bond motifs is 1. The summed E-state index contributed by atoms with van der Waals surface area (Å²) in [4.78, 5) is 16.6. The molecule has 3 rings (SSSR count). The summed E-state index contributed by atoms with van der Waals surface area (Å²) < 4.78 is 16.3. The number of nitrogens with zero attached hydrogens (tertiary/aromatic N) is 2. The Balaban J connectivity index is 1.63. The first kappa shape index (κ1) is 18.3. The minimum atomic E-state index is 0.121. The molecule has 6 heteroatoms. The van der Waals surface area contributed by atoms with E-state index in [-0.39, 0.29) is 5.91 Å². The molecule has 2 aromatic rings. The molecule has 2 heterocycles. The van der Waals surface area contributed by atoms with E-state index in [0.29, 0.717) is 25.4 Å². The highest BCUT2D eigenvalue weighted by molar-refractivity contribution is 5.78. The molecule has 0 spiro atoms. The Morgan fingerprint density at radius 1 is 1.19 bits per heavy atom. The van der Waals surface area contributed by atoms with E-state index in [1.165, 1.54) is 5.56 Å². The number of ether oxygens (including phenoxy) is 2. The third-order valence-corrected chi connectivity index (χ3v) is 4.70. The first-order valence-electron chi connectivity index (χ1n) is 8.75. The molecule has 1 aromatic carbocycles. The van der Waals surface area contributed by atoms with Crippen molar-refractivity contribution in [2.24, 2.45) is 0 Å². The van der Waals surface area contributed by atoms with Crippen LogP contribution in [0.15, 0.2) is 28.7 Å². The molecule has 1 amide bonds. The number of likely N-dealkylation sites (N-methyl/N-ethyl adjacent to an activating group) is 1. The fourth-order valence-corrected chi connectivity index (χ4v) is 3.32. The van der Waals surface area contributed by atoms with Crippen molar-refractivity contribution in [3.8, 4) is 11.5 Å². The van der Waals surface area contributed by atoms with Crippen LogP contribution in [0.5, 0.6) is 11.5 Å². The predicted octanol–water partition coefficient (Wildman–Crippen LogP) is 2.62. The maximum Gasteiger partial charge on any atom is 0.237 e. The lowest BCUT2D eigenvalue weighted by atomic mass is 9.98. The van der Waals surface area contributed by atoms with Crippen molar-refractivity contribution in [1.82, 2.24) is 9.80 Å². The molecule has 1 aliphatic heterocycles. The maximum atomic E-state index is 12.7. The molecule has 0 aliphatic carbocycles. The molecule has 26 heavy (non-hydrogen) atoms. The molecule has 0 atom stereocenters. The predicted molar refractivity (Wildman–Crippen MR) is 98.4 cm³/mol. The van der Waals surface area contributed by atoms with Crippen molar-refractivity contribution >= 4 is 5.91 Å². The zero-order valence-corrected chi connectivity index (χ0v) is 15.9. The van der Waals surface area contributed by atoms with E-state index < -0.39 is 0 Å². The summed E-state index contributed by atoms with van der Waals surface area (Å²) in [5.41, 5.74) is 2.33. The molecular formula is C20H26N2O4. The monoisotopic (exact) mass is 358 g/mol. The Morgan fingerprint density at radius 2 is 1.88 bits per heavy atom. The second-order valence-corrected chi connectivity index (χ2v) is 6.73. The zero-order chi connectivity index (χ0) is 18.7. The zero-order valence-electron chi connectivity index (χ0n) is 15.9. The number of rotatable bonds is 6. The van der Waals surface area contributed by atoms with Crippen LogP contribution in [-0.4, -0.2) is 50.1 Å². The highest BCUT2D eigenvalue weighted by Crippen LogP contribution is 2.33. The topological polar surface area (TPSA) is 55.2 Å². The summed E-state index contributed by atoms with van der Waals surface area (Å²) in [6, 6.07) is 7.88. The van der Waals surface area contributed by atoms with Crippen LogP contribution < -0.4 is 9.47 Å². The molecule has 0 saturated carbocycles. The lowest BCUT2D eigenvalue weighted by Gasteiger charge is -2.31. The number of hydrogen-bond donors (Lipinski definition) is 0. The number of aryl methyl sites for hydroxylation is 1. The summed E-state index contributed by atoms with van der Waals surface area (Å²) in [6.07, 6.45) is 0.822. The van der Waals surface area contributed by atoms with E-state index in [9.17, 15) is 4.79 Å². The summed E-state index contributed by atoms with van der Waals surface area (Å²) in [7, 11) is 5.20. The molecule has 0 N–H and O–H groups in total. The number of hydrogen-bond acceptors (Lipinski definition) is 5. The molecule has 0 radical (unpaired) electrons. The van der Waals surface area contributed by atoms with Crippen LogP contribution in [0.4, 0.5) is 0 Å². The van der Waals surface area contributed by atoms with E-state index in [1.807, 2.05) is 48.0 Å². The van der Waals surface area contributed by atoms with Crippen molar-refractivity contribution in [3.05, 3.63) is 46.9 Å². The summed E-state index contributed by atoms with van der Waals surface area (Å²) in [5, 5.41) is 0. The van der Waals surface area contributed by atoms with Gasteiger partial charge in [0.15, 0.2) is 11.5 Å². The minimum absolute atomic E-state index is 0.121. The average molecular weight is 358 g/mol. The largest absolute Gasteiger partial charge is 0.493 e. The highest BCUT2D eigenvalue weighted by Gasteiger charge is 2.23. The first-order chi connectivity index (χ1) is 12.5. The van der Waals surface area contributed by atoms with Crippen LogP contribution in [0.25, 0.3) is 0 Å². The van der Waals surface area contributed by atoms with Gasteiger partial charge in [-0.05, 0) is 55.8 Å². The Kier molecular flexibility index (Phi) is 5.52. The van der Waals surface area contributed by atoms with Gasteiger partial charge in [-0.25, -0.2) is 0 Å². The van der Waals surface area contributed by atoms with Gasteiger partial charge in [-0.3, -0.25) is 9.69 Å². The summed E-state index contributed by atoms with van der Waals surface area (Å²) in [5.74, 6) is 3.32. The van der Waals surface area contributed by atoms with Crippen LogP contribution in [-0.2, 0) is 24.3 Å². The van der Waals surface area contributed by atoms with Crippen molar-refractivity contribution in [1.29, 1.82) is 0 Å². The number of carbonyl (C=O) groups is 1. The number of amides is 1. The van der Waals surface area contributed by atoms with Crippen molar-refractivity contribution in [2.75, 3.05) is 34.4 Å². The second-order valence-electron chi connectivity index (χ2n) is 6.73. The fraction of sp³-hybridized carbons (Fsp3) is 0.450. The third-order valence-electron chi connectivity index (χ3n) is 4.70. The first-order valence-corrected chi connectivity index (χ1v) is 8.75. The number of carbonyl (C=O) groups excluding carboxylic acids is 1. The van der Waals surface area contributed by atoms with Gasteiger partial charge in [0.25, 0.3) is 0 Å². The molecule has 140 valence electrons. The van der Waals surface area contributed by atoms with Gasteiger partial charge in [0.05, 0.1) is 27.3 Å². The van der Waals surface area contributed by atoms with Crippen molar-refractivity contribution in [2.45, 2.75) is 26.4 Å². The molecule has 0 saturated heterocycles. The van der Waals surface area contributed by atoms with E-state index in [1.54, 1.807) is 14.2 Å². The molecule has 0 fully saturated rings. The van der Waals surface area contributed by atoms with E-state index >= 15 is 0 Å². The molecular weight excluding hydrogens is 332 g/mol. The fourth-order valence-electron chi connectivity index (χ4n) is 3.32. The molecule has 6 nitrogen and oxygen atoms in total. The van der Waals surface area contributed by atoms with Crippen LogP contribution in [0.1, 0.15) is 22.6 Å². The lowest BCUT2D eigenvalue weighted by Crippen LogP contribution is -2.41. The van der Waals surface area contributed by atoms with Gasteiger partial charge in [-0.15, -0.1) is 0 Å².